The van der Waals surface area contributed by atoms with Crippen molar-refractivity contribution in [3.8, 4) is 0 Å². The second-order valence-electron chi connectivity index (χ2n) is 11.9. The number of benzene rings is 2. The standard InChI is InChI=1S/C31H41N7O3S/c1-23-7-10-27(11-8-23)42(40,41)38-14-13-32-31(39)30(38)20-26-22-37(33-35(26)3)29-6-4-5-25-19-24(9-12-28(25)29)21-36-17-15-34(2)16-18-36/h7-14,19,22,29-30,33H,4-6,15-18,20-21H2,1-3H3,(H,32,39)/t29-,30+/m0/s1. The third-order valence-electron chi connectivity index (χ3n) is 8.87. The summed E-state index contributed by atoms with van der Waals surface area (Å²) >= 11 is 0. The second-order valence-corrected chi connectivity index (χ2v) is 13.7. The van der Waals surface area contributed by atoms with Crippen LogP contribution in [0.3, 0.4) is 0 Å². The van der Waals surface area contributed by atoms with Gasteiger partial charge in [-0.3, -0.25) is 24.0 Å². The molecule has 6 rings (SSSR count). The number of hydrazine groups is 2. The number of likely N-dealkylation sites (N-methyl/N-ethyl adjacent to an activating group) is 1. The van der Waals surface area contributed by atoms with Gasteiger partial charge in [-0.05, 0) is 62.1 Å². The number of fused-ring (bicyclic) bond motifs is 1. The van der Waals surface area contributed by atoms with Gasteiger partial charge in [0.15, 0.2) is 0 Å². The number of nitrogens with one attached hydrogen (secondary N) is 2. The summed E-state index contributed by atoms with van der Waals surface area (Å²) in [4.78, 5) is 18.1. The molecule has 0 aromatic heterocycles. The van der Waals surface area contributed by atoms with Crippen LogP contribution in [0.2, 0.25) is 0 Å². The fourth-order valence-electron chi connectivity index (χ4n) is 6.33. The van der Waals surface area contributed by atoms with Crippen LogP contribution in [-0.2, 0) is 27.8 Å². The van der Waals surface area contributed by atoms with Gasteiger partial charge in [-0.2, -0.15) is 0 Å². The van der Waals surface area contributed by atoms with Crippen molar-refractivity contribution in [3.05, 3.63) is 89.0 Å². The minimum atomic E-state index is -3.91. The minimum absolute atomic E-state index is 0.152. The number of amides is 1. The van der Waals surface area contributed by atoms with Crippen molar-refractivity contribution < 1.29 is 13.2 Å². The van der Waals surface area contributed by atoms with Gasteiger partial charge in [-0.25, -0.2) is 8.42 Å². The van der Waals surface area contributed by atoms with E-state index in [2.05, 4.69) is 50.9 Å². The van der Waals surface area contributed by atoms with Crippen molar-refractivity contribution in [1.82, 2.24) is 35.0 Å². The topological polar surface area (TPSA) is 91.5 Å². The summed E-state index contributed by atoms with van der Waals surface area (Å²) in [7, 11) is 0.180. The number of nitrogens with zero attached hydrogens (tertiary/aromatic N) is 5. The van der Waals surface area contributed by atoms with Crippen molar-refractivity contribution >= 4 is 15.9 Å². The zero-order valence-electron chi connectivity index (χ0n) is 24.7. The van der Waals surface area contributed by atoms with Crippen molar-refractivity contribution in [2.75, 3.05) is 40.3 Å². The molecule has 2 aromatic carbocycles. The molecule has 1 fully saturated rings. The maximum atomic E-state index is 13.6. The van der Waals surface area contributed by atoms with Gasteiger partial charge in [0.2, 0.25) is 5.91 Å². The van der Waals surface area contributed by atoms with Crippen LogP contribution in [-0.4, -0.2) is 84.8 Å². The van der Waals surface area contributed by atoms with Gasteiger partial charge in [-0.1, -0.05) is 35.9 Å². The molecule has 3 aliphatic heterocycles. The zero-order valence-corrected chi connectivity index (χ0v) is 25.5. The van der Waals surface area contributed by atoms with E-state index in [0.29, 0.717) is 0 Å². The van der Waals surface area contributed by atoms with Gasteiger partial charge < -0.3 is 10.2 Å². The summed E-state index contributed by atoms with van der Waals surface area (Å²) < 4.78 is 28.3. The second kappa shape index (κ2) is 11.7. The average Bonchev–Trinajstić information content (AvgIpc) is 3.34. The molecular formula is C31H41N7O3S. The highest BCUT2D eigenvalue weighted by molar-refractivity contribution is 7.89. The van der Waals surface area contributed by atoms with Gasteiger partial charge in [0.05, 0.1) is 16.6 Å². The quantitative estimate of drug-likeness (QED) is 0.508. The van der Waals surface area contributed by atoms with Crippen LogP contribution in [0.5, 0.6) is 0 Å². The Morgan fingerprint density at radius 1 is 1.00 bits per heavy atom. The first-order chi connectivity index (χ1) is 20.2. The Morgan fingerprint density at radius 2 is 1.76 bits per heavy atom. The Hall–Kier alpha value is -3.38. The van der Waals surface area contributed by atoms with E-state index in [1.54, 1.807) is 24.3 Å². The number of aryl methyl sites for hydroxylation is 2. The number of hydrogen-bond donors (Lipinski definition) is 2. The molecule has 0 unspecified atom stereocenters. The molecule has 0 spiro atoms. The van der Waals surface area contributed by atoms with Gasteiger partial charge in [0.25, 0.3) is 10.0 Å². The fraction of sp³-hybridized carbons (Fsp3) is 0.452. The van der Waals surface area contributed by atoms with Gasteiger partial charge in [-0.15, -0.1) is 5.53 Å². The first kappa shape index (κ1) is 28.7. The molecule has 0 radical (unpaired) electrons. The SMILES string of the molecule is Cc1ccc(S(=O)(=O)N2C=CNC(=O)[C@H]2CC2=CN([C@H]3CCCc4cc(CN5CCN(C)CC5)ccc43)NN2C)cc1. The number of carbonyl (C=O) groups is 1. The summed E-state index contributed by atoms with van der Waals surface area (Å²) in [5.74, 6) is -0.350. The van der Waals surface area contributed by atoms with Crippen LogP contribution in [0, 0.1) is 6.92 Å². The molecule has 3 heterocycles. The lowest BCUT2D eigenvalue weighted by atomic mass is 9.86. The molecule has 224 valence electrons. The first-order valence-corrected chi connectivity index (χ1v) is 16.2. The molecule has 2 N–H and O–H groups in total. The van der Waals surface area contributed by atoms with E-state index < -0.39 is 16.1 Å². The summed E-state index contributed by atoms with van der Waals surface area (Å²) in [6, 6.07) is 12.9. The summed E-state index contributed by atoms with van der Waals surface area (Å²) in [6.07, 6.45) is 8.26. The van der Waals surface area contributed by atoms with E-state index in [0.717, 1.165) is 63.2 Å². The van der Waals surface area contributed by atoms with Crippen LogP contribution in [0.4, 0.5) is 0 Å². The lowest BCUT2D eigenvalue weighted by molar-refractivity contribution is -0.124. The van der Waals surface area contributed by atoms with E-state index in [-0.39, 0.29) is 23.3 Å². The number of piperazine rings is 1. The van der Waals surface area contributed by atoms with Crippen LogP contribution >= 0.6 is 0 Å². The maximum Gasteiger partial charge on any atom is 0.264 e. The van der Waals surface area contributed by atoms with Gasteiger partial charge >= 0.3 is 0 Å². The molecule has 0 saturated carbocycles. The average molecular weight is 592 g/mol. The van der Waals surface area contributed by atoms with E-state index in [4.69, 9.17) is 0 Å². The smallest absolute Gasteiger partial charge is 0.264 e. The zero-order chi connectivity index (χ0) is 29.4. The van der Waals surface area contributed by atoms with E-state index >= 15 is 0 Å². The number of hydrogen-bond acceptors (Lipinski definition) is 8. The highest BCUT2D eigenvalue weighted by Gasteiger charge is 2.38. The van der Waals surface area contributed by atoms with Crippen LogP contribution < -0.4 is 10.9 Å². The molecule has 2 aromatic rings. The first-order valence-electron chi connectivity index (χ1n) is 14.8. The predicted molar refractivity (Wildman–Crippen MR) is 162 cm³/mol. The number of rotatable bonds is 7. The highest BCUT2D eigenvalue weighted by Crippen LogP contribution is 2.37. The van der Waals surface area contributed by atoms with E-state index in [1.165, 1.54) is 33.4 Å². The molecule has 2 atom stereocenters. The van der Waals surface area contributed by atoms with E-state index in [9.17, 15) is 13.2 Å². The molecule has 1 aliphatic carbocycles. The fourth-order valence-corrected chi connectivity index (χ4v) is 7.77. The van der Waals surface area contributed by atoms with Crippen molar-refractivity contribution in [2.24, 2.45) is 0 Å². The minimum Gasteiger partial charge on any atom is -0.329 e. The molecule has 11 heteroatoms. The third-order valence-corrected chi connectivity index (χ3v) is 10.7. The maximum absolute atomic E-state index is 13.6. The highest BCUT2D eigenvalue weighted by atomic mass is 32.2. The monoisotopic (exact) mass is 591 g/mol. The Kier molecular flexibility index (Phi) is 8.01. The van der Waals surface area contributed by atoms with Crippen LogP contribution in [0.15, 0.2) is 71.7 Å². The summed E-state index contributed by atoms with van der Waals surface area (Å²) in [5.41, 5.74) is 9.34. The van der Waals surface area contributed by atoms with Crippen molar-refractivity contribution in [2.45, 2.75) is 56.1 Å². The molecule has 0 bridgehead atoms. The molecule has 1 amide bonds. The Labute approximate surface area is 249 Å². The number of sulfonamides is 1. The van der Waals surface area contributed by atoms with E-state index in [1.807, 2.05) is 25.2 Å². The van der Waals surface area contributed by atoms with Gasteiger partial charge in [0.1, 0.15) is 6.04 Å². The molecule has 1 saturated heterocycles. The Bertz CT molecular complexity index is 1480. The third kappa shape index (κ3) is 5.78. The Morgan fingerprint density at radius 3 is 2.52 bits per heavy atom. The van der Waals surface area contributed by atoms with Crippen molar-refractivity contribution in [3.63, 3.8) is 0 Å². The molecule has 4 aliphatic rings. The normalized spacial score (nSPS) is 23.6. The van der Waals surface area contributed by atoms with Gasteiger partial charge in [0, 0.05) is 64.8 Å². The lowest BCUT2D eigenvalue weighted by Crippen LogP contribution is -2.50. The summed E-state index contributed by atoms with van der Waals surface area (Å²) in [5, 5.41) is 6.70. The van der Waals surface area contributed by atoms with Crippen LogP contribution in [0.25, 0.3) is 0 Å². The predicted octanol–water partition coefficient (Wildman–Crippen LogP) is 2.68. The largest absolute Gasteiger partial charge is 0.329 e. The summed E-state index contributed by atoms with van der Waals surface area (Å²) in [6.45, 7) is 7.33. The lowest BCUT2D eigenvalue weighted by Gasteiger charge is -2.35. The molecular weight excluding hydrogens is 550 g/mol. The Balaban J connectivity index is 1.19. The van der Waals surface area contributed by atoms with Crippen LogP contribution in [0.1, 0.15) is 47.6 Å². The molecule has 10 nitrogen and oxygen atoms in total. The molecule has 42 heavy (non-hydrogen) atoms. The van der Waals surface area contributed by atoms with Crippen molar-refractivity contribution in [1.29, 1.82) is 0 Å². The number of carbonyl (C=O) groups excluding carboxylic acids is 1.